The zero-order valence-corrected chi connectivity index (χ0v) is 14.7. The summed E-state index contributed by atoms with van der Waals surface area (Å²) in [5, 5.41) is 0. The van der Waals surface area contributed by atoms with Crippen molar-refractivity contribution in [2.75, 3.05) is 13.7 Å². The molecular weight excluding hydrogens is 298 g/mol. The van der Waals surface area contributed by atoms with Crippen LogP contribution in [-0.2, 0) is 6.61 Å². The third-order valence-electron chi connectivity index (χ3n) is 3.83. The Morgan fingerprint density at radius 2 is 1.58 bits per heavy atom. The van der Waals surface area contributed by atoms with Crippen LogP contribution in [0.2, 0.25) is 0 Å². The smallest absolute Gasteiger partial charge is 0.119 e. The van der Waals surface area contributed by atoms with E-state index >= 15 is 0 Å². The van der Waals surface area contributed by atoms with Gasteiger partial charge in [-0.3, -0.25) is 4.99 Å². The van der Waals surface area contributed by atoms with E-state index in [1.807, 2.05) is 54.7 Å². The van der Waals surface area contributed by atoms with E-state index in [0.717, 1.165) is 29.2 Å². The van der Waals surface area contributed by atoms with Crippen molar-refractivity contribution < 1.29 is 9.47 Å². The number of rotatable bonds is 10. The Balaban J connectivity index is 1.75. The SMILES string of the molecule is CCCCCCN=Cc1ccc(OCc2ccc(OC)cc2)cc1. The third kappa shape index (κ3) is 6.45. The molecule has 3 heteroatoms. The van der Waals surface area contributed by atoms with Crippen LogP contribution in [0.5, 0.6) is 11.5 Å². The van der Waals surface area contributed by atoms with E-state index in [2.05, 4.69) is 11.9 Å². The summed E-state index contributed by atoms with van der Waals surface area (Å²) >= 11 is 0. The van der Waals surface area contributed by atoms with Crippen LogP contribution < -0.4 is 9.47 Å². The second kappa shape index (κ2) is 10.5. The Labute approximate surface area is 145 Å². The lowest BCUT2D eigenvalue weighted by Gasteiger charge is -2.07. The molecule has 0 spiro atoms. The van der Waals surface area contributed by atoms with Crippen LogP contribution in [0.15, 0.2) is 53.5 Å². The van der Waals surface area contributed by atoms with E-state index in [-0.39, 0.29) is 0 Å². The molecule has 2 rings (SSSR count). The second-order valence-electron chi connectivity index (χ2n) is 5.80. The van der Waals surface area contributed by atoms with Crippen molar-refractivity contribution in [3.8, 4) is 11.5 Å². The molecule has 0 heterocycles. The molecule has 3 nitrogen and oxygen atoms in total. The molecule has 2 aromatic rings. The van der Waals surface area contributed by atoms with Crippen LogP contribution in [-0.4, -0.2) is 19.9 Å². The molecular formula is C21H27NO2. The first-order valence-electron chi connectivity index (χ1n) is 8.67. The van der Waals surface area contributed by atoms with Gasteiger partial charge in [0.2, 0.25) is 0 Å². The van der Waals surface area contributed by atoms with E-state index in [1.54, 1.807) is 7.11 Å². The maximum Gasteiger partial charge on any atom is 0.119 e. The zero-order chi connectivity index (χ0) is 17.0. The number of nitrogens with zero attached hydrogens (tertiary/aromatic N) is 1. The van der Waals surface area contributed by atoms with Crippen molar-refractivity contribution >= 4 is 6.21 Å². The highest BCUT2D eigenvalue weighted by Gasteiger charge is 1.97. The van der Waals surface area contributed by atoms with Gasteiger partial charge in [-0.2, -0.15) is 0 Å². The first-order valence-corrected chi connectivity index (χ1v) is 8.67. The molecule has 0 amide bonds. The Kier molecular flexibility index (Phi) is 7.88. The van der Waals surface area contributed by atoms with Gasteiger partial charge < -0.3 is 9.47 Å². The van der Waals surface area contributed by atoms with E-state index in [1.165, 1.54) is 25.7 Å². The average Bonchev–Trinajstić information content (AvgIpc) is 2.64. The topological polar surface area (TPSA) is 30.8 Å². The number of hydrogen-bond acceptors (Lipinski definition) is 3. The highest BCUT2D eigenvalue weighted by atomic mass is 16.5. The van der Waals surface area contributed by atoms with Crippen molar-refractivity contribution in [3.05, 3.63) is 59.7 Å². The number of benzene rings is 2. The highest BCUT2D eigenvalue weighted by molar-refractivity contribution is 5.79. The summed E-state index contributed by atoms with van der Waals surface area (Å²) in [6, 6.07) is 16.0. The van der Waals surface area contributed by atoms with Gasteiger partial charge in [0.25, 0.3) is 0 Å². The Morgan fingerprint density at radius 1 is 0.875 bits per heavy atom. The van der Waals surface area contributed by atoms with Gasteiger partial charge in [0.15, 0.2) is 0 Å². The molecule has 0 fully saturated rings. The summed E-state index contributed by atoms with van der Waals surface area (Å²) in [5.74, 6) is 1.72. The summed E-state index contributed by atoms with van der Waals surface area (Å²) in [7, 11) is 1.67. The van der Waals surface area contributed by atoms with Crippen LogP contribution in [0.25, 0.3) is 0 Å². The molecule has 2 aromatic carbocycles. The van der Waals surface area contributed by atoms with Crippen LogP contribution in [0.4, 0.5) is 0 Å². The van der Waals surface area contributed by atoms with Gasteiger partial charge >= 0.3 is 0 Å². The number of hydrogen-bond donors (Lipinski definition) is 0. The van der Waals surface area contributed by atoms with E-state index in [4.69, 9.17) is 9.47 Å². The quantitative estimate of drug-likeness (QED) is 0.440. The maximum atomic E-state index is 5.81. The monoisotopic (exact) mass is 325 g/mol. The summed E-state index contributed by atoms with van der Waals surface area (Å²) in [6.45, 7) is 3.69. The zero-order valence-electron chi connectivity index (χ0n) is 14.7. The Morgan fingerprint density at radius 3 is 2.25 bits per heavy atom. The highest BCUT2D eigenvalue weighted by Crippen LogP contribution is 2.16. The van der Waals surface area contributed by atoms with Gasteiger partial charge in [-0.1, -0.05) is 38.3 Å². The molecule has 0 saturated carbocycles. The minimum atomic E-state index is 0.550. The molecule has 0 aromatic heterocycles. The molecule has 0 N–H and O–H groups in total. The molecule has 0 atom stereocenters. The van der Waals surface area contributed by atoms with Gasteiger partial charge in [0.05, 0.1) is 7.11 Å². The standard InChI is InChI=1S/C21H27NO2/c1-3-4-5-6-15-22-16-18-7-13-21(14-8-18)24-17-19-9-11-20(23-2)12-10-19/h7-14,16H,3-6,15,17H2,1-2H3. The number of unbranched alkanes of at least 4 members (excludes halogenated alkanes) is 3. The van der Waals surface area contributed by atoms with E-state index < -0.39 is 0 Å². The van der Waals surface area contributed by atoms with Crippen molar-refractivity contribution in [2.24, 2.45) is 4.99 Å². The molecule has 128 valence electrons. The van der Waals surface area contributed by atoms with Crippen molar-refractivity contribution in [2.45, 2.75) is 39.2 Å². The number of aliphatic imine (C=N–C) groups is 1. The predicted molar refractivity (Wildman–Crippen MR) is 100 cm³/mol. The van der Waals surface area contributed by atoms with Crippen LogP contribution in [0, 0.1) is 0 Å². The summed E-state index contributed by atoms with van der Waals surface area (Å²) in [4.78, 5) is 4.48. The lowest BCUT2D eigenvalue weighted by Crippen LogP contribution is -1.95. The fourth-order valence-corrected chi connectivity index (χ4v) is 2.34. The van der Waals surface area contributed by atoms with Crippen molar-refractivity contribution in [1.82, 2.24) is 0 Å². The third-order valence-corrected chi connectivity index (χ3v) is 3.83. The maximum absolute atomic E-state index is 5.81. The second-order valence-corrected chi connectivity index (χ2v) is 5.80. The fourth-order valence-electron chi connectivity index (χ4n) is 2.34. The van der Waals surface area contributed by atoms with E-state index in [9.17, 15) is 0 Å². The molecule has 0 aliphatic carbocycles. The molecule has 0 radical (unpaired) electrons. The average molecular weight is 325 g/mol. The molecule has 0 aliphatic rings. The first-order chi connectivity index (χ1) is 11.8. The van der Waals surface area contributed by atoms with Crippen LogP contribution in [0.1, 0.15) is 43.7 Å². The van der Waals surface area contributed by atoms with Crippen molar-refractivity contribution in [1.29, 1.82) is 0 Å². The van der Waals surface area contributed by atoms with Gasteiger partial charge in [0.1, 0.15) is 18.1 Å². The number of methoxy groups -OCH3 is 1. The van der Waals surface area contributed by atoms with Gasteiger partial charge in [-0.25, -0.2) is 0 Å². The molecule has 0 bridgehead atoms. The lowest BCUT2D eigenvalue weighted by molar-refractivity contribution is 0.306. The van der Waals surface area contributed by atoms with E-state index in [0.29, 0.717) is 6.61 Å². The van der Waals surface area contributed by atoms with Gasteiger partial charge in [-0.05, 0) is 53.9 Å². The van der Waals surface area contributed by atoms with Crippen molar-refractivity contribution in [3.63, 3.8) is 0 Å². The van der Waals surface area contributed by atoms with Crippen LogP contribution >= 0.6 is 0 Å². The normalized spacial score (nSPS) is 10.9. The summed E-state index contributed by atoms with van der Waals surface area (Å²) in [6.07, 6.45) is 6.95. The van der Waals surface area contributed by atoms with Gasteiger partial charge in [-0.15, -0.1) is 0 Å². The molecule has 24 heavy (non-hydrogen) atoms. The lowest BCUT2D eigenvalue weighted by atomic mass is 10.2. The van der Waals surface area contributed by atoms with Gasteiger partial charge in [0, 0.05) is 12.8 Å². The number of ether oxygens (including phenoxy) is 2. The largest absolute Gasteiger partial charge is 0.497 e. The Bertz CT molecular complexity index is 603. The fraction of sp³-hybridized carbons (Fsp3) is 0.381. The Hall–Kier alpha value is -2.29. The predicted octanol–water partition coefficient (Wildman–Crippen LogP) is 5.27. The molecule has 0 aliphatic heterocycles. The van der Waals surface area contributed by atoms with Crippen LogP contribution in [0.3, 0.4) is 0 Å². The molecule has 0 unspecified atom stereocenters. The minimum Gasteiger partial charge on any atom is -0.497 e. The first kappa shape index (κ1) is 18.1. The minimum absolute atomic E-state index is 0.550. The summed E-state index contributed by atoms with van der Waals surface area (Å²) in [5.41, 5.74) is 2.23. The molecule has 0 saturated heterocycles. The summed E-state index contributed by atoms with van der Waals surface area (Å²) < 4.78 is 11.0.